The zero-order valence-electron chi connectivity index (χ0n) is 20.8. The molecule has 1 unspecified atom stereocenters. The second-order valence-electron chi connectivity index (χ2n) is 10.0. The molecule has 0 radical (unpaired) electrons. The number of carbonyl (C=O) groups is 1. The first kappa shape index (κ1) is 27.1. The number of nitrogens with zero attached hydrogens (tertiary/aromatic N) is 2. The van der Waals surface area contributed by atoms with Crippen LogP contribution in [0.2, 0.25) is 0 Å². The van der Waals surface area contributed by atoms with Gasteiger partial charge in [0.15, 0.2) is 6.61 Å². The molecular weight excluding hydrogens is 494 g/mol. The van der Waals surface area contributed by atoms with Gasteiger partial charge in [0.05, 0.1) is 23.9 Å². The molecule has 1 amide bonds. The number of nitro groups is 1. The van der Waals surface area contributed by atoms with E-state index in [1.807, 2.05) is 30.1 Å². The number of nitrogens with one attached hydrogen (secondary N) is 3. The number of benzene rings is 1. The van der Waals surface area contributed by atoms with E-state index in [0.29, 0.717) is 12.4 Å². The minimum atomic E-state index is -2.66. The summed E-state index contributed by atoms with van der Waals surface area (Å²) in [4.78, 5) is 24.8. The van der Waals surface area contributed by atoms with Crippen LogP contribution in [0, 0.1) is 10.1 Å². The number of ether oxygens (including phenoxy) is 4. The summed E-state index contributed by atoms with van der Waals surface area (Å²) in [7, 11) is 1.94. The molecule has 15 nitrogen and oxygen atoms in total. The number of amides is 1. The van der Waals surface area contributed by atoms with Crippen LogP contribution in [0.3, 0.4) is 0 Å². The molecule has 37 heavy (non-hydrogen) atoms. The van der Waals surface area contributed by atoms with Crippen molar-refractivity contribution in [2.24, 2.45) is 0 Å². The number of hydrogen-bond donors (Lipinski definition) is 6. The maximum Gasteiger partial charge on any atom is 0.409 e. The highest BCUT2D eigenvalue weighted by atomic mass is 16.8. The van der Waals surface area contributed by atoms with Gasteiger partial charge in [-0.25, -0.2) is 4.79 Å². The lowest BCUT2D eigenvalue weighted by Crippen LogP contribution is -2.58. The zero-order valence-corrected chi connectivity index (χ0v) is 20.8. The standard InChI is InChI=1S/C22H33N5O10/c1-20(2,25-7-13(28)8-34-15-6-4-5-14-17(15)26(3)12-24-14)10-23-19(30)37-22-16(29)9-35-18(22)21(31,11-36-22)27(32)33/h4-6,13,16,18,24-25,28-29,31H,7-12H2,1-3H3,(H,23,30)/t13?,16-,18+,21+,22+/m0/s1. The summed E-state index contributed by atoms with van der Waals surface area (Å²) >= 11 is 0. The quantitative estimate of drug-likeness (QED) is 0.121. The number of carbonyl (C=O) groups excluding carboxylic acids is 1. The molecule has 0 aromatic heterocycles. The smallest absolute Gasteiger partial charge is 0.409 e. The van der Waals surface area contributed by atoms with Gasteiger partial charge in [-0.05, 0) is 26.0 Å². The van der Waals surface area contributed by atoms with Gasteiger partial charge in [-0.15, -0.1) is 0 Å². The average molecular weight is 528 g/mol. The van der Waals surface area contributed by atoms with Crippen molar-refractivity contribution in [2.45, 2.75) is 49.2 Å². The van der Waals surface area contributed by atoms with Gasteiger partial charge in [-0.1, -0.05) is 6.07 Å². The van der Waals surface area contributed by atoms with E-state index in [2.05, 4.69) is 16.0 Å². The van der Waals surface area contributed by atoms with E-state index in [1.54, 1.807) is 13.8 Å². The molecule has 0 spiro atoms. The van der Waals surface area contributed by atoms with Crippen molar-refractivity contribution in [1.29, 1.82) is 0 Å². The van der Waals surface area contributed by atoms with Crippen LogP contribution < -0.4 is 25.6 Å². The number of β-amino-alcohol motifs (C(OH)–C–C–N with tert-alkyl or cyclic N) is 1. The van der Waals surface area contributed by atoms with Crippen molar-refractivity contribution in [3.05, 3.63) is 28.3 Å². The molecule has 15 heteroatoms. The Hall–Kier alpha value is -2.95. The number of anilines is 2. The third-order valence-corrected chi connectivity index (χ3v) is 6.56. The van der Waals surface area contributed by atoms with Crippen LogP contribution in [-0.4, -0.2) is 108 Å². The fraction of sp³-hybridized carbons (Fsp3) is 0.682. The maximum absolute atomic E-state index is 12.5. The Balaban J connectivity index is 1.24. The van der Waals surface area contributed by atoms with E-state index in [0.717, 1.165) is 11.4 Å². The highest BCUT2D eigenvalue weighted by Crippen LogP contribution is 2.44. The number of para-hydroxylation sites is 1. The predicted molar refractivity (Wildman–Crippen MR) is 128 cm³/mol. The first-order chi connectivity index (χ1) is 17.4. The minimum Gasteiger partial charge on any atom is -0.489 e. The third kappa shape index (κ3) is 5.23. The van der Waals surface area contributed by atoms with Gasteiger partial charge in [0.1, 0.15) is 30.3 Å². The fourth-order valence-electron chi connectivity index (χ4n) is 4.45. The Morgan fingerprint density at radius 3 is 2.95 bits per heavy atom. The molecule has 2 saturated heterocycles. The first-order valence-electron chi connectivity index (χ1n) is 11.8. The summed E-state index contributed by atoms with van der Waals surface area (Å²) in [6.07, 6.45) is -5.10. The van der Waals surface area contributed by atoms with Gasteiger partial charge in [0, 0.05) is 25.7 Å². The van der Waals surface area contributed by atoms with Crippen LogP contribution in [0.25, 0.3) is 0 Å². The van der Waals surface area contributed by atoms with Crippen LogP contribution in [0.15, 0.2) is 18.2 Å². The number of rotatable bonds is 10. The van der Waals surface area contributed by atoms with Crippen molar-refractivity contribution < 1.29 is 44.0 Å². The van der Waals surface area contributed by atoms with Gasteiger partial charge >= 0.3 is 11.8 Å². The van der Waals surface area contributed by atoms with Crippen LogP contribution >= 0.6 is 0 Å². The molecule has 0 saturated carbocycles. The van der Waals surface area contributed by atoms with E-state index >= 15 is 0 Å². The first-order valence-corrected chi connectivity index (χ1v) is 11.8. The van der Waals surface area contributed by atoms with Gasteiger partial charge in [-0.2, -0.15) is 0 Å². The van der Waals surface area contributed by atoms with Crippen LogP contribution in [0.5, 0.6) is 5.75 Å². The molecule has 3 aliphatic rings. The van der Waals surface area contributed by atoms with E-state index < -0.39 is 59.6 Å². The SMILES string of the molecule is CN1CNc2cccc(OCC(O)CNC(C)(C)CNC(=O)O[C@@]34OC[C@](O)([N+](=O)[O-])[C@H]3OC[C@@H]4O)c21. The van der Waals surface area contributed by atoms with E-state index in [-0.39, 0.29) is 19.7 Å². The zero-order chi connectivity index (χ0) is 27.0. The number of hydrogen-bond acceptors (Lipinski definition) is 13. The van der Waals surface area contributed by atoms with Gasteiger partial charge < -0.3 is 55.1 Å². The number of fused-ring (bicyclic) bond motifs is 2. The highest BCUT2D eigenvalue weighted by Gasteiger charge is 2.75. The lowest BCUT2D eigenvalue weighted by Gasteiger charge is -2.31. The molecule has 4 rings (SSSR count). The molecule has 6 N–H and O–H groups in total. The second kappa shape index (κ2) is 10.1. The van der Waals surface area contributed by atoms with Crippen molar-refractivity contribution in [1.82, 2.24) is 10.6 Å². The number of aliphatic hydroxyl groups is 3. The summed E-state index contributed by atoms with van der Waals surface area (Å²) in [5.41, 5.74) is -1.49. The largest absolute Gasteiger partial charge is 0.489 e. The Morgan fingerprint density at radius 1 is 1.46 bits per heavy atom. The molecule has 3 heterocycles. The molecule has 0 bridgehead atoms. The maximum atomic E-state index is 12.5. The van der Waals surface area contributed by atoms with E-state index in [4.69, 9.17) is 18.9 Å². The highest BCUT2D eigenvalue weighted by molar-refractivity contribution is 5.80. The molecule has 1 aromatic carbocycles. The summed E-state index contributed by atoms with van der Waals surface area (Å²) in [6.45, 7) is 3.21. The average Bonchev–Trinajstić information content (AvgIpc) is 3.48. The number of aliphatic hydroxyl groups excluding tert-OH is 2. The van der Waals surface area contributed by atoms with Crippen molar-refractivity contribution in [3.63, 3.8) is 0 Å². The molecule has 0 aliphatic carbocycles. The Labute approximate surface area is 212 Å². The lowest BCUT2D eigenvalue weighted by atomic mass is 10.0. The molecule has 1 aromatic rings. The van der Waals surface area contributed by atoms with Crippen molar-refractivity contribution in [2.75, 3.05) is 56.8 Å². The van der Waals surface area contributed by atoms with Crippen molar-refractivity contribution >= 4 is 17.5 Å². The lowest BCUT2D eigenvalue weighted by molar-refractivity contribution is -0.632. The summed E-state index contributed by atoms with van der Waals surface area (Å²) in [5, 5.41) is 51.1. The predicted octanol–water partition coefficient (Wildman–Crippen LogP) is -1.21. The molecule has 5 atom stereocenters. The Bertz CT molecular complexity index is 1030. The van der Waals surface area contributed by atoms with E-state index in [9.17, 15) is 30.2 Å². The van der Waals surface area contributed by atoms with Gasteiger partial charge in [-0.3, -0.25) is 10.1 Å². The topological polar surface area (TPSA) is 197 Å². The van der Waals surface area contributed by atoms with Gasteiger partial charge in [0.2, 0.25) is 6.10 Å². The molecule has 206 valence electrons. The number of alkyl carbamates (subject to hydrolysis) is 1. The molecule has 3 aliphatic heterocycles. The van der Waals surface area contributed by atoms with Crippen LogP contribution in [0.4, 0.5) is 16.2 Å². The van der Waals surface area contributed by atoms with Crippen LogP contribution in [-0.2, 0) is 14.2 Å². The van der Waals surface area contributed by atoms with Gasteiger partial charge in [0.25, 0.3) is 5.79 Å². The molecule has 2 fully saturated rings. The third-order valence-electron chi connectivity index (χ3n) is 6.56. The van der Waals surface area contributed by atoms with Crippen molar-refractivity contribution in [3.8, 4) is 5.75 Å². The van der Waals surface area contributed by atoms with Crippen LogP contribution in [0.1, 0.15) is 13.8 Å². The normalized spacial score (nSPS) is 29.3. The minimum absolute atomic E-state index is 0.0271. The Kier molecular flexibility index (Phi) is 7.38. The summed E-state index contributed by atoms with van der Waals surface area (Å²) < 4.78 is 21.4. The molecular formula is C22H33N5O10. The summed E-state index contributed by atoms with van der Waals surface area (Å²) in [5.74, 6) is -1.56. The second-order valence-corrected chi connectivity index (χ2v) is 10.0. The Morgan fingerprint density at radius 2 is 2.22 bits per heavy atom. The van der Waals surface area contributed by atoms with E-state index in [1.165, 1.54) is 0 Å². The summed E-state index contributed by atoms with van der Waals surface area (Å²) in [6, 6.07) is 5.65. The fourth-order valence-corrected chi connectivity index (χ4v) is 4.45. The monoisotopic (exact) mass is 527 g/mol.